The maximum absolute atomic E-state index is 14.4. The van der Waals surface area contributed by atoms with Gasteiger partial charge in [0.2, 0.25) is 5.91 Å². The van der Waals surface area contributed by atoms with Gasteiger partial charge in [-0.2, -0.15) is 0 Å². The summed E-state index contributed by atoms with van der Waals surface area (Å²) in [5, 5.41) is 9.78. The number of aryl methyl sites for hydroxylation is 1. The summed E-state index contributed by atoms with van der Waals surface area (Å²) in [6, 6.07) is 9.50. The molecule has 4 rings (SSSR count). The van der Waals surface area contributed by atoms with Gasteiger partial charge in [-0.25, -0.2) is 9.18 Å². The number of likely N-dealkylation sites (N-methyl/N-ethyl adjacent to an activating group) is 1. The monoisotopic (exact) mass is 573 g/mol. The number of imide groups is 1. The van der Waals surface area contributed by atoms with Crippen molar-refractivity contribution >= 4 is 29.5 Å². The molecule has 3 amide bonds. The van der Waals surface area contributed by atoms with Crippen LogP contribution < -0.4 is 4.74 Å². The maximum atomic E-state index is 14.4. The summed E-state index contributed by atoms with van der Waals surface area (Å²) in [5.74, 6) is -0.654. The Morgan fingerprint density at radius 2 is 1.93 bits per heavy atom. The number of hydrogen-bond donors (Lipinski definition) is 1. The Morgan fingerprint density at radius 3 is 2.55 bits per heavy atom. The number of halogens is 2. The van der Waals surface area contributed by atoms with Gasteiger partial charge in [-0.05, 0) is 60.6 Å². The minimum atomic E-state index is -0.949. The summed E-state index contributed by atoms with van der Waals surface area (Å²) in [6.45, 7) is 3.56. The fourth-order valence-electron chi connectivity index (χ4n) is 5.69. The van der Waals surface area contributed by atoms with E-state index in [1.54, 1.807) is 13.1 Å². The van der Waals surface area contributed by atoms with Crippen LogP contribution in [0.3, 0.4) is 0 Å². The van der Waals surface area contributed by atoms with Crippen LogP contribution in [0.2, 0.25) is 5.02 Å². The van der Waals surface area contributed by atoms with E-state index < -0.39 is 17.8 Å². The Bertz CT molecular complexity index is 1240. The molecular weight excluding hydrogens is 537 g/mol. The van der Waals surface area contributed by atoms with E-state index >= 15 is 0 Å². The molecule has 2 fully saturated rings. The predicted octanol–water partition coefficient (Wildman–Crippen LogP) is 5.66. The van der Waals surface area contributed by atoms with Gasteiger partial charge in [-0.1, -0.05) is 49.1 Å². The second kappa shape index (κ2) is 13.5. The topological polar surface area (TPSA) is 90.4 Å². The van der Waals surface area contributed by atoms with E-state index in [9.17, 15) is 23.9 Å². The second-order valence-electron chi connectivity index (χ2n) is 10.9. The van der Waals surface area contributed by atoms with E-state index in [-0.39, 0.29) is 43.1 Å². The number of urea groups is 1. The number of nitrogens with zero attached hydrogens (tertiary/aromatic N) is 3. The molecule has 0 unspecified atom stereocenters. The molecule has 1 saturated carbocycles. The lowest BCUT2D eigenvalue weighted by atomic mass is 9.88. The Hall–Kier alpha value is -3.17. The van der Waals surface area contributed by atoms with Gasteiger partial charge in [0.25, 0.3) is 0 Å². The van der Waals surface area contributed by atoms with E-state index in [0.717, 1.165) is 36.8 Å². The first-order valence-corrected chi connectivity index (χ1v) is 14.2. The summed E-state index contributed by atoms with van der Waals surface area (Å²) >= 11 is 5.93. The highest BCUT2D eigenvalue weighted by Gasteiger charge is 2.33. The third kappa shape index (κ3) is 7.52. The number of rotatable bonds is 12. The third-order valence-corrected chi connectivity index (χ3v) is 8.09. The summed E-state index contributed by atoms with van der Waals surface area (Å²) in [4.78, 5) is 40.7. The first-order chi connectivity index (χ1) is 19.1. The van der Waals surface area contributed by atoms with Crippen molar-refractivity contribution < 1.29 is 28.6 Å². The van der Waals surface area contributed by atoms with E-state index in [1.165, 1.54) is 28.4 Å². The van der Waals surface area contributed by atoms with E-state index in [4.69, 9.17) is 16.3 Å². The van der Waals surface area contributed by atoms with Crippen molar-refractivity contribution in [3.05, 3.63) is 63.9 Å². The van der Waals surface area contributed by atoms with Crippen molar-refractivity contribution in [2.24, 2.45) is 5.92 Å². The van der Waals surface area contributed by atoms with Crippen molar-refractivity contribution in [1.82, 2.24) is 14.7 Å². The summed E-state index contributed by atoms with van der Waals surface area (Å²) < 4.78 is 20.3. The van der Waals surface area contributed by atoms with Gasteiger partial charge < -0.3 is 14.7 Å². The van der Waals surface area contributed by atoms with Crippen LogP contribution in [0.5, 0.6) is 5.75 Å². The number of carbonyl (C=O) groups excluding carboxylic acids is 2. The van der Waals surface area contributed by atoms with Crippen LogP contribution in [0.4, 0.5) is 9.18 Å². The minimum Gasteiger partial charge on any atom is -0.491 e. The lowest BCUT2D eigenvalue weighted by Gasteiger charge is -2.35. The lowest BCUT2D eigenvalue weighted by molar-refractivity contribution is -0.138. The number of carboxylic acids is 1. The largest absolute Gasteiger partial charge is 0.491 e. The molecule has 1 aliphatic heterocycles. The average Bonchev–Trinajstić information content (AvgIpc) is 3.16. The normalized spacial score (nSPS) is 17.1. The number of hydrogen-bond acceptors (Lipinski definition) is 5. The maximum Gasteiger partial charge on any atom is 0.327 e. The fraction of sp³-hybridized carbons (Fsp3) is 0.500. The van der Waals surface area contributed by atoms with Crippen LogP contribution in [0.25, 0.3) is 0 Å². The molecule has 2 aromatic carbocycles. The molecule has 216 valence electrons. The molecule has 10 heteroatoms. The molecule has 0 bridgehead atoms. The van der Waals surface area contributed by atoms with E-state index in [0.29, 0.717) is 30.3 Å². The van der Waals surface area contributed by atoms with Crippen molar-refractivity contribution in [1.29, 1.82) is 0 Å². The third-order valence-electron chi connectivity index (χ3n) is 7.78. The number of aliphatic carboxylic acids is 1. The van der Waals surface area contributed by atoms with Crippen molar-refractivity contribution in [3.63, 3.8) is 0 Å². The van der Waals surface area contributed by atoms with Crippen LogP contribution in [0.1, 0.15) is 61.3 Å². The molecule has 1 heterocycles. The smallest absolute Gasteiger partial charge is 0.327 e. The number of benzene rings is 2. The highest BCUT2D eigenvalue weighted by Crippen LogP contribution is 2.33. The zero-order chi connectivity index (χ0) is 28.8. The van der Waals surface area contributed by atoms with Crippen LogP contribution in [-0.2, 0) is 16.1 Å². The Labute approximate surface area is 239 Å². The molecule has 0 aromatic heterocycles. The number of amides is 3. The SMILES string of the molecule is Cc1cc(CN(CC2CCCCC2)[C@H](CC(=O)O)c2ccc(Cl)c(F)c2)ccc1OCCN1C(=O)CN(C)C1=O. The molecule has 2 aromatic rings. The Balaban J connectivity index is 1.50. The highest BCUT2D eigenvalue weighted by atomic mass is 35.5. The van der Waals surface area contributed by atoms with Gasteiger partial charge in [0.15, 0.2) is 0 Å². The molecule has 8 nitrogen and oxygen atoms in total. The zero-order valence-electron chi connectivity index (χ0n) is 23.1. The van der Waals surface area contributed by atoms with Crippen LogP contribution in [0.15, 0.2) is 36.4 Å². The summed E-state index contributed by atoms with van der Waals surface area (Å²) in [5.41, 5.74) is 2.46. The second-order valence-corrected chi connectivity index (χ2v) is 11.3. The van der Waals surface area contributed by atoms with Crippen LogP contribution in [-0.4, -0.2) is 71.0 Å². The van der Waals surface area contributed by atoms with Gasteiger partial charge in [0.1, 0.15) is 24.7 Å². The van der Waals surface area contributed by atoms with Crippen LogP contribution >= 0.6 is 11.6 Å². The predicted molar refractivity (Wildman–Crippen MR) is 150 cm³/mol. The highest BCUT2D eigenvalue weighted by molar-refractivity contribution is 6.30. The molecule has 1 saturated heterocycles. The Kier molecular flexibility index (Phi) is 10.0. The van der Waals surface area contributed by atoms with Gasteiger partial charge >= 0.3 is 12.0 Å². The van der Waals surface area contributed by atoms with Gasteiger partial charge in [0.05, 0.1) is 18.0 Å². The molecule has 1 aliphatic carbocycles. The Morgan fingerprint density at radius 1 is 1.18 bits per heavy atom. The van der Waals surface area contributed by atoms with E-state index in [1.807, 2.05) is 25.1 Å². The average molecular weight is 574 g/mol. The van der Waals surface area contributed by atoms with Crippen molar-refractivity contribution in [2.75, 3.05) is 33.3 Å². The van der Waals surface area contributed by atoms with Crippen LogP contribution in [0, 0.1) is 18.7 Å². The first-order valence-electron chi connectivity index (χ1n) is 13.8. The molecule has 2 aliphatic rings. The lowest BCUT2D eigenvalue weighted by Crippen LogP contribution is -2.35. The standard InChI is InChI=1S/C30H37ClFN3O5/c1-20-14-22(8-11-27(20)40-13-12-35-28(36)19-33(2)30(35)39)18-34(17-21-6-4-3-5-7-21)26(16-29(37)38)23-9-10-24(31)25(32)15-23/h8-11,14-15,21,26H,3-7,12-13,16-19H2,1-2H3,(H,37,38)/t26-/m1/s1. The first kappa shape index (κ1) is 29.8. The van der Waals surface area contributed by atoms with Gasteiger partial charge in [-0.3, -0.25) is 19.4 Å². The number of ether oxygens (including phenoxy) is 1. The van der Waals surface area contributed by atoms with Gasteiger partial charge in [-0.15, -0.1) is 0 Å². The van der Waals surface area contributed by atoms with Crippen molar-refractivity contribution in [3.8, 4) is 5.75 Å². The quantitative estimate of drug-likeness (QED) is 0.330. The number of carboxylic acid groups (broad SMARTS) is 1. The zero-order valence-corrected chi connectivity index (χ0v) is 23.8. The van der Waals surface area contributed by atoms with Crippen molar-refractivity contribution in [2.45, 2.75) is 58.0 Å². The molecule has 1 atom stereocenters. The molecular formula is C30H37ClFN3O5. The molecule has 1 N–H and O–H groups in total. The number of carbonyl (C=O) groups is 3. The summed E-state index contributed by atoms with van der Waals surface area (Å²) in [7, 11) is 1.59. The molecule has 0 spiro atoms. The van der Waals surface area contributed by atoms with E-state index in [2.05, 4.69) is 4.90 Å². The minimum absolute atomic E-state index is 0.00773. The van der Waals surface area contributed by atoms with Gasteiger partial charge in [0, 0.05) is 26.2 Å². The molecule has 40 heavy (non-hydrogen) atoms. The fourth-order valence-corrected chi connectivity index (χ4v) is 5.81. The summed E-state index contributed by atoms with van der Waals surface area (Å²) in [6.07, 6.45) is 5.57. The molecule has 0 radical (unpaired) electrons.